The largest absolute Gasteiger partial charge is 0.378 e. The lowest BCUT2D eigenvalue weighted by Crippen LogP contribution is -2.21. The Balaban J connectivity index is 4.53. The highest BCUT2D eigenvalue weighted by Crippen LogP contribution is 2.16. The Labute approximate surface area is 198 Å². The maximum Gasteiger partial charge on any atom is 0.124 e. The van der Waals surface area contributed by atoms with Crippen LogP contribution < -0.4 is 0 Å². The molecule has 0 aliphatic heterocycles. The average molecular weight is 439 g/mol. The van der Waals surface area contributed by atoms with Gasteiger partial charge in [-0.15, -0.1) is 6.58 Å². The van der Waals surface area contributed by atoms with E-state index in [4.69, 9.17) is 0 Å². The highest BCUT2D eigenvalue weighted by Gasteiger charge is 2.16. The summed E-state index contributed by atoms with van der Waals surface area (Å²) in [7, 11) is 0. The number of hydrogen-bond acceptors (Lipinski definition) is 2. The maximum absolute atomic E-state index is 10.5. The minimum Gasteiger partial charge on any atom is -0.378 e. The summed E-state index contributed by atoms with van der Waals surface area (Å²) in [5.41, 5.74) is 3.07. The van der Waals surface area contributed by atoms with Crippen LogP contribution in [0.2, 0.25) is 0 Å². The standard InChI is InChI=1S/C30H46O2/c1-25(2)15-11-17-27(5)19-13-23-29(7,31)21-9-10-22-30(8,32)24-14-20-28(6)18-12-16-26(3)4/h16,19-20,31-32H,1,11-15,17-18,23-24H2,2-8H3. The van der Waals surface area contributed by atoms with Gasteiger partial charge in [-0.3, -0.25) is 0 Å². The Bertz CT molecular complexity index is 791. The highest BCUT2D eigenvalue weighted by molar-refractivity contribution is 5.32. The first-order valence-corrected chi connectivity index (χ1v) is 11.9. The van der Waals surface area contributed by atoms with E-state index >= 15 is 0 Å². The quantitative estimate of drug-likeness (QED) is 0.232. The minimum atomic E-state index is -1.08. The first-order valence-electron chi connectivity index (χ1n) is 11.9. The van der Waals surface area contributed by atoms with Crippen molar-refractivity contribution < 1.29 is 10.2 Å². The third-order valence-electron chi connectivity index (χ3n) is 5.24. The minimum absolute atomic E-state index is 0.562. The predicted molar refractivity (Wildman–Crippen MR) is 140 cm³/mol. The molecule has 0 saturated heterocycles. The van der Waals surface area contributed by atoms with E-state index in [1.807, 2.05) is 0 Å². The monoisotopic (exact) mass is 438 g/mol. The van der Waals surface area contributed by atoms with Crippen molar-refractivity contribution in [2.75, 3.05) is 0 Å². The van der Waals surface area contributed by atoms with E-state index < -0.39 is 11.2 Å². The molecule has 2 heteroatoms. The van der Waals surface area contributed by atoms with Crippen LogP contribution in [-0.4, -0.2) is 21.4 Å². The van der Waals surface area contributed by atoms with Gasteiger partial charge in [0.15, 0.2) is 0 Å². The Hall–Kier alpha value is -2.00. The van der Waals surface area contributed by atoms with Gasteiger partial charge in [-0.2, -0.15) is 0 Å². The first-order chi connectivity index (χ1) is 14.8. The fraction of sp³-hybridized carbons (Fsp3) is 0.600. The van der Waals surface area contributed by atoms with Crippen molar-refractivity contribution in [3.63, 3.8) is 0 Å². The molecule has 2 unspecified atom stereocenters. The molecule has 2 atom stereocenters. The van der Waals surface area contributed by atoms with E-state index in [0.29, 0.717) is 12.8 Å². The molecule has 178 valence electrons. The molecule has 0 spiro atoms. The maximum atomic E-state index is 10.5. The van der Waals surface area contributed by atoms with Crippen LogP contribution in [0.1, 0.15) is 106 Å². The highest BCUT2D eigenvalue weighted by atomic mass is 16.3. The van der Waals surface area contributed by atoms with Gasteiger partial charge in [-0.1, -0.05) is 52.4 Å². The first kappa shape index (κ1) is 30.0. The van der Waals surface area contributed by atoms with Crippen LogP contribution in [0.4, 0.5) is 0 Å². The second-order valence-corrected chi connectivity index (χ2v) is 9.86. The van der Waals surface area contributed by atoms with Crippen molar-refractivity contribution in [2.45, 2.75) is 117 Å². The lowest BCUT2D eigenvalue weighted by molar-refractivity contribution is 0.112. The average Bonchev–Trinajstić information content (AvgIpc) is 2.64. The van der Waals surface area contributed by atoms with Crippen molar-refractivity contribution in [2.24, 2.45) is 0 Å². The topological polar surface area (TPSA) is 40.5 Å². The third-order valence-corrected chi connectivity index (χ3v) is 5.24. The molecule has 0 aromatic heterocycles. The van der Waals surface area contributed by atoms with Gasteiger partial charge in [0, 0.05) is 0 Å². The van der Waals surface area contributed by atoms with Crippen LogP contribution in [0.5, 0.6) is 0 Å². The predicted octanol–water partition coefficient (Wildman–Crippen LogP) is 7.44. The molecule has 32 heavy (non-hydrogen) atoms. The molecule has 0 aromatic rings. The Morgan fingerprint density at radius 1 is 0.719 bits per heavy atom. The summed E-state index contributed by atoms with van der Waals surface area (Å²) in [5, 5.41) is 20.9. The number of allylic oxidation sites excluding steroid dienone is 7. The van der Waals surface area contributed by atoms with Crippen LogP contribution in [0.3, 0.4) is 0 Å². The normalized spacial score (nSPS) is 15.4. The smallest absolute Gasteiger partial charge is 0.124 e. The fourth-order valence-corrected chi connectivity index (χ4v) is 3.12. The third kappa shape index (κ3) is 18.7. The van der Waals surface area contributed by atoms with Crippen LogP contribution in [0.15, 0.2) is 47.1 Å². The van der Waals surface area contributed by atoms with E-state index in [0.717, 1.165) is 44.9 Å². The molecule has 0 amide bonds. The Kier molecular flexibility index (Phi) is 14.8. The van der Waals surface area contributed by atoms with Gasteiger partial charge in [0.2, 0.25) is 0 Å². The molecule has 0 fully saturated rings. The van der Waals surface area contributed by atoms with E-state index in [1.165, 1.54) is 22.3 Å². The molecule has 0 aliphatic carbocycles. The number of aliphatic hydroxyl groups is 2. The summed E-state index contributed by atoms with van der Waals surface area (Å²) in [6.45, 7) is 17.9. The summed E-state index contributed by atoms with van der Waals surface area (Å²) in [6.07, 6.45) is 14.6. The SMILES string of the molecule is C=C(C)CCCC(C)=CCCC(C)(O)C#CC#CC(C)(O)CCC=C(C)CCC=C(C)C. The zero-order chi connectivity index (χ0) is 24.6. The van der Waals surface area contributed by atoms with E-state index in [1.54, 1.807) is 13.8 Å². The zero-order valence-corrected chi connectivity index (χ0v) is 21.7. The summed E-state index contributed by atoms with van der Waals surface area (Å²) in [6, 6.07) is 0. The van der Waals surface area contributed by atoms with Crippen LogP contribution in [0.25, 0.3) is 0 Å². The molecular formula is C30H46O2. The summed E-state index contributed by atoms with van der Waals surface area (Å²) < 4.78 is 0. The van der Waals surface area contributed by atoms with Gasteiger partial charge in [0.1, 0.15) is 11.2 Å². The van der Waals surface area contributed by atoms with E-state index in [-0.39, 0.29) is 0 Å². The molecule has 2 nitrogen and oxygen atoms in total. The molecule has 2 N–H and O–H groups in total. The van der Waals surface area contributed by atoms with Crippen molar-refractivity contribution in [1.29, 1.82) is 0 Å². The molecule has 0 bridgehead atoms. The molecule has 0 aliphatic rings. The van der Waals surface area contributed by atoms with Gasteiger partial charge in [-0.25, -0.2) is 0 Å². The lowest BCUT2D eigenvalue weighted by Gasteiger charge is -2.15. The second-order valence-electron chi connectivity index (χ2n) is 9.86. The molecule has 0 heterocycles. The Morgan fingerprint density at radius 2 is 1.19 bits per heavy atom. The zero-order valence-electron chi connectivity index (χ0n) is 21.7. The van der Waals surface area contributed by atoms with Crippen molar-refractivity contribution in [1.82, 2.24) is 0 Å². The fourth-order valence-electron chi connectivity index (χ4n) is 3.12. The molecule has 0 aromatic carbocycles. The van der Waals surface area contributed by atoms with Gasteiger partial charge >= 0.3 is 0 Å². The van der Waals surface area contributed by atoms with Gasteiger partial charge in [0.25, 0.3) is 0 Å². The van der Waals surface area contributed by atoms with Gasteiger partial charge in [0.05, 0.1) is 0 Å². The Morgan fingerprint density at radius 3 is 1.62 bits per heavy atom. The molecular weight excluding hydrogens is 392 g/mol. The van der Waals surface area contributed by atoms with Crippen molar-refractivity contribution in [3.05, 3.63) is 47.1 Å². The van der Waals surface area contributed by atoms with E-state index in [9.17, 15) is 10.2 Å². The van der Waals surface area contributed by atoms with E-state index in [2.05, 4.69) is 83.1 Å². The van der Waals surface area contributed by atoms with Crippen molar-refractivity contribution >= 4 is 0 Å². The molecule has 0 rings (SSSR count). The summed E-state index contributed by atoms with van der Waals surface area (Å²) >= 11 is 0. The van der Waals surface area contributed by atoms with Gasteiger partial charge < -0.3 is 10.2 Å². The molecule has 0 radical (unpaired) electrons. The molecule has 0 saturated carbocycles. The van der Waals surface area contributed by atoms with Crippen molar-refractivity contribution in [3.8, 4) is 23.7 Å². The summed E-state index contributed by atoms with van der Waals surface area (Å²) in [5.74, 6) is 11.1. The summed E-state index contributed by atoms with van der Waals surface area (Å²) in [4.78, 5) is 0. The van der Waals surface area contributed by atoms with Crippen LogP contribution in [-0.2, 0) is 0 Å². The lowest BCUT2D eigenvalue weighted by atomic mass is 9.98. The van der Waals surface area contributed by atoms with Crippen LogP contribution >= 0.6 is 0 Å². The number of hydrogen-bond donors (Lipinski definition) is 2. The second kappa shape index (κ2) is 15.7. The number of rotatable bonds is 13. The van der Waals surface area contributed by atoms with Gasteiger partial charge in [-0.05, 0) is 118 Å². The van der Waals surface area contributed by atoms with Crippen LogP contribution in [0, 0.1) is 23.7 Å².